The summed E-state index contributed by atoms with van der Waals surface area (Å²) in [4.78, 5) is 15.9. The quantitative estimate of drug-likeness (QED) is 0.171. The van der Waals surface area contributed by atoms with E-state index in [1.807, 2.05) is 30.3 Å². The number of hydrogen-bond acceptors (Lipinski definition) is 4. The Balaban J connectivity index is 1.79. The molecule has 1 fully saturated rings. The molecular weight excluding hydrogens is 483 g/mol. The molecule has 1 aliphatic rings. The minimum absolute atomic E-state index is 0.0380. The lowest BCUT2D eigenvalue weighted by molar-refractivity contribution is 0.0946. The molecule has 0 radical (unpaired) electrons. The minimum atomic E-state index is -0.932. The van der Waals surface area contributed by atoms with Crippen LogP contribution in [0.4, 0.5) is 10.1 Å². The second-order valence-corrected chi connectivity index (χ2v) is 9.14. The molecule has 1 saturated heterocycles. The lowest BCUT2D eigenvalue weighted by Crippen LogP contribution is -2.51. The number of carbonyl (C=O) groups is 1. The van der Waals surface area contributed by atoms with Gasteiger partial charge < -0.3 is 5.11 Å². The van der Waals surface area contributed by atoms with Crippen LogP contribution in [0.2, 0.25) is 0 Å². The Morgan fingerprint density at radius 2 is 1.30 bits per heavy atom. The zero-order valence-electron chi connectivity index (χ0n) is 19.7. The molecule has 0 aliphatic carbocycles. The number of Topliss-reactive ketones (excluding diaryl/α,β-unsaturated/α-hetero) is 1. The zero-order chi connectivity index (χ0) is 25.9. The van der Waals surface area contributed by atoms with E-state index >= 15 is 0 Å². The third kappa shape index (κ3) is 4.59. The molecule has 37 heavy (non-hydrogen) atoms. The van der Waals surface area contributed by atoms with E-state index in [2.05, 4.69) is 0 Å². The van der Waals surface area contributed by atoms with E-state index in [1.165, 1.54) is 17.0 Å². The first kappa shape index (κ1) is 24.3. The van der Waals surface area contributed by atoms with Gasteiger partial charge in [0, 0.05) is 28.3 Å². The minimum Gasteiger partial charge on any atom is -0.507 e. The van der Waals surface area contributed by atoms with E-state index in [9.17, 15) is 19.7 Å². The summed E-state index contributed by atoms with van der Waals surface area (Å²) in [5, 5.41) is 20.9. The largest absolute Gasteiger partial charge is 0.507 e. The van der Waals surface area contributed by atoms with Crippen LogP contribution in [0, 0.1) is 17.1 Å². The second kappa shape index (κ2) is 10.3. The summed E-state index contributed by atoms with van der Waals surface area (Å²) >= 11 is 5.93. The number of para-hydroxylation sites is 1. The highest BCUT2D eigenvalue weighted by atomic mass is 32.1. The Bertz CT molecular complexity index is 1490. The first-order valence-electron chi connectivity index (χ1n) is 11.8. The van der Waals surface area contributed by atoms with Crippen molar-refractivity contribution in [2.24, 2.45) is 5.92 Å². The van der Waals surface area contributed by atoms with Crippen LogP contribution in [-0.2, 0) is 0 Å². The summed E-state index contributed by atoms with van der Waals surface area (Å²) in [6, 6.07) is 32.6. The number of piperidine rings is 1. The highest BCUT2D eigenvalue weighted by Crippen LogP contribution is 2.45. The topological polar surface area (TPSA) is 64.4 Å². The van der Waals surface area contributed by atoms with E-state index in [4.69, 9.17) is 12.2 Å². The fraction of sp³-hybridized carbons (Fsp3) is 0.0645. The Labute approximate surface area is 219 Å². The first-order chi connectivity index (χ1) is 18.0. The summed E-state index contributed by atoms with van der Waals surface area (Å²) in [5.74, 6) is -2.58. The Morgan fingerprint density at radius 3 is 1.86 bits per heavy atom. The number of nitrogens with one attached hydrogen (secondary N) is 1. The highest BCUT2D eigenvalue weighted by molar-refractivity contribution is 7.80. The number of halogens is 1. The number of thiocarbonyl (C=S) groups is 1. The summed E-state index contributed by atoms with van der Waals surface area (Å²) in [7, 11) is 0. The number of ketones is 1. The first-order valence-corrected chi connectivity index (χ1v) is 12.2. The van der Waals surface area contributed by atoms with E-state index < -0.39 is 17.7 Å². The van der Waals surface area contributed by atoms with Crippen molar-refractivity contribution in [2.75, 3.05) is 4.90 Å². The molecule has 0 amide bonds. The van der Waals surface area contributed by atoms with Gasteiger partial charge in [0.2, 0.25) is 0 Å². The van der Waals surface area contributed by atoms with Gasteiger partial charge in [0.05, 0.1) is 5.92 Å². The Morgan fingerprint density at radius 1 is 0.784 bits per heavy atom. The van der Waals surface area contributed by atoms with Gasteiger partial charge in [-0.1, -0.05) is 103 Å². The van der Waals surface area contributed by atoms with Gasteiger partial charge in [-0.25, -0.2) is 4.39 Å². The Kier molecular flexibility index (Phi) is 6.75. The molecule has 2 atom stereocenters. The second-order valence-electron chi connectivity index (χ2n) is 8.72. The van der Waals surface area contributed by atoms with Gasteiger partial charge >= 0.3 is 0 Å². The van der Waals surface area contributed by atoms with Crippen molar-refractivity contribution in [3.63, 3.8) is 0 Å². The van der Waals surface area contributed by atoms with Crippen molar-refractivity contribution in [3.05, 3.63) is 143 Å². The highest BCUT2D eigenvalue weighted by Gasteiger charge is 2.47. The molecule has 0 unspecified atom stereocenters. The average Bonchev–Trinajstić information content (AvgIpc) is 2.94. The molecule has 6 heteroatoms. The van der Waals surface area contributed by atoms with Crippen molar-refractivity contribution in [1.29, 1.82) is 5.41 Å². The summed E-state index contributed by atoms with van der Waals surface area (Å²) in [5.41, 5.74) is 2.39. The molecular formula is C31H23FN2O2S. The van der Waals surface area contributed by atoms with Crippen molar-refractivity contribution < 1.29 is 14.3 Å². The van der Waals surface area contributed by atoms with Crippen molar-refractivity contribution in [3.8, 4) is 0 Å². The molecule has 1 aliphatic heterocycles. The molecule has 4 aromatic rings. The van der Waals surface area contributed by atoms with Crippen molar-refractivity contribution >= 4 is 40.3 Å². The maximum absolute atomic E-state index is 14.1. The van der Waals surface area contributed by atoms with Crippen LogP contribution >= 0.6 is 12.2 Å². The third-order valence-electron chi connectivity index (χ3n) is 6.50. The molecule has 0 spiro atoms. The molecule has 0 bridgehead atoms. The van der Waals surface area contributed by atoms with Crippen LogP contribution in [0.1, 0.15) is 27.4 Å². The predicted molar refractivity (Wildman–Crippen MR) is 149 cm³/mol. The van der Waals surface area contributed by atoms with Crippen LogP contribution in [0.5, 0.6) is 0 Å². The number of nitrogens with zero attached hydrogens (tertiary/aromatic N) is 1. The predicted octanol–water partition coefficient (Wildman–Crippen LogP) is 7.20. The SMILES string of the molecule is N=C1/C(=C(/O)c2ccccc2)[C@@H](c2ccc(F)cc2)[C@H](C(=O)c2ccccc2)C(=S)N1c1ccccc1. The third-order valence-corrected chi connectivity index (χ3v) is 6.93. The number of aliphatic hydroxyl groups excluding tert-OH is 1. The van der Waals surface area contributed by atoms with Gasteiger partial charge in [0.1, 0.15) is 22.4 Å². The van der Waals surface area contributed by atoms with Crippen LogP contribution < -0.4 is 4.90 Å². The van der Waals surface area contributed by atoms with Gasteiger partial charge in [-0.05, 0) is 29.8 Å². The van der Waals surface area contributed by atoms with E-state index in [0.717, 1.165) is 0 Å². The van der Waals surface area contributed by atoms with E-state index in [0.29, 0.717) is 22.4 Å². The standard InChI is InChI=1S/C31H23FN2O2S/c32-23-18-16-20(17-19-23)25-26(28(35)21-10-4-1-5-11-21)30(33)34(24-14-8-3-9-15-24)31(37)27(25)29(36)22-12-6-2-7-13-22/h1-19,25,27,33,35H/b28-26+,33-30?/t25-,27-/m1/s1. The molecule has 1 heterocycles. The maximum atomic E-state index is 14.1. The Hall–Kier alpha value is -4.42. The molecule has 4 nitrogen and oxygen atoms in total. The van der Waals surface area contributed by atoms with Crippen LogP contribution in [0.25, 0.3) is 5.76 Å². The smallest absolute Gasteiger partial charge is 0.173 e. The number of rotatable bonds is 5. The number of anilines is 1. The van der Waals surface area contributed by atoms with Crippen molar-refractivity contribution in [1.82, 2.24) is 0 Å². The lowest BCUT2D eigenvalue weighted by atomic mass is 9.72. The number of benzene rings is 4. The molecule has 2 N–H and O–H groups in total. The van der Waals surface area contributed by atoms with E-state index in [-0.39, 0.29) is 27.9 Å². The van der Waals surface area contributed by atoms with Gasteiger partial charge in [-0.2, -0.15) is 0 Å². The molecule has 0 saturated carbocycles. The van der Waals surface area contributed by atoms with Crippen LogP contribution in [0.15, 0.2) is 121 Å². The molecule has 0 aromatic heterocycles. The summed E-state index contributed by atoms with van der Waals surface area (Å²) in [6.45, 7) is 0. The van der Waals surface area contributed by atoms with Crippen LogP contribution in [0.3, 0.4) is 0 Å². The van der Waals surface area contributed by atoms with Crippen LogP contribution in [-0.4, -0.2) is 21.7 Å². The van der Waals surface area contributed by atoms with Gasteiger partial charge in [-0.3, -0.25) is 15.1 Å². The number of hydrogen-bond donors (Lipinski definition) is 2. The van der Waals surface area contributed by atoms with Gasteiger partial charge in [-0.15, -0.1) is 0 Å². The zero-order valence-corrected chi connectivity index (χ0v) is 20.5. The van der Waals surface area contributed by atoms with Crippen molar-refractivity contribution in [2.45, 2.75) is 5.92 Å². The fourth-order valence-corrected chi connectivity index (χ4v) is 5.19. The average molecular weight is 507 g/mol. The maximum Gasteiger partial charge on any atom is 0.173 e. The number of amidine groups is 1. The number of aliphatic hydroxyl groups is 1. The normalized spacial score (nSPS) is 19.0. The van der Waals surface area contributed by atoms with Gasteiger partial charge in [0.15, 0.2) is 5.78 Å². The fourth-order valence-electron chi connectivity index (χ4n) is 4.75. The lowest BCUT2D eigenvalue weighted by Gasteiger charge is -2.42. The van der Waals surface area contributed by atoms with Gasteiger partial charge in [0.25, 0.3) is 0 Å². The molecule has 4 aromatic carbocycles. The molecule has 5 rings (SSSR count). The molecule has 182 valence electrons. The summed E-state index contributed by atoms with van der Waals surface area (Å²) in [6.07, 6.45) is 0. The van der Waals surface area contributed by atoms with E-state index in [1.54, 1.807) is 72.8 Å². The monoisotopic (exact) mass is 506 g/mol. The summed E-state index contributed by atoms with van der Waals surface area (Å²) < 4.78 is 13.9. The number of carbonyl (C=O) groups excluding carboxylic acids is 1.